The van der Waals surface area contributed by atoms with Gasteiger partial charge in [-0.1, -0.05) is 69.5 Å². The topological polar surface area (TPSA) is 169 Å². The highest BCUT2D eigenvalue weighted by molar-refractivity contribution is 5.95. The van der Waals surface area contributed by atoms with Gasteiger partial charge >= 0.3 is 18.0 Å². The average Bonchev–Trinajstić information content (AvgIpc) is 3.61. The average molecular weight is 699 g/mol. The number of carbonyl (C=O) groups excluding carboxylic acids is 6. The summed E-state index contributed by atoms with van der Waals surface area (Å²) in [6, 6.07) is 5.45. The molecule has 3 rings (SSSR count). The van der Waals surface area contributed by atoms with Crippen LogP contribution in [0.5, 0.6) is 0 Å². The molecular formula is C37H54N4O9. The van der Waals surface area contributed by atoms with Crippen LogP contribution in [-0.2, 0) is 44.8 Å². The molecule has 13 heteroatoms. The normalized spacial score (nSPS) is 18.2. The van der Waals surface area contributed by atoms with Crippen LogP contribution in [0.3, 0.4) is 0 Å². The Balaban J connectivity index is 1.79. The number of ether oxygens (including phenoxy) is 3. The molecule has 276 valence electrons. The van der Waals surface area contributed by atoms with Crippen molar-refractivity contribution in [2.24, 2.45) is 11.8 Å². The quantitative estimate of drug-likeness (QED) is 0.124. The van der Waals surface area contributed by atoms with Gasteiger partial charge in [0.2, 0.25) is 17.7 Å². The summed E-state index contributed by atoms with van der Waals surface area (Å²) < 4.78 is 15.2. The zero-order valence-corrected chi connectivity index (χ0v) is 29.8. The number of likely N-dealkylation sites (tertiary alicyclic amines) is 1. The number of esters is 2. The van der Waals surface area contributed by atoms with E-state index in [1.165, 1.54) is 18.1 Å². The van der Waals surface area contributed by atoms with Crippen LogP contribution in [0.4, 0.5) is 4.79 Å². The Morgan fingerprint density at radius 3 is 2.28 bits per heavy atom. The van der Waals surface area contributed by atoms with Crippen LogP contribution < -0.4 is 16.0 Å². The van der Waals surface area contributed by atoms with Gasteiger partial charge in [0.05, 0.1) is 13.7 Å². The van der Waals surface area contributed by atoms with Gasteiger partial charge in [0.1, 0.15) is 30.8 Å². The molecule has 1 aliphatic heterocycles. The molecule has 1 aromatic carbocycles. The molecule has 4 atom stereocenters. The predicted molar refractivity (Wildman–Crippen MR) is 185 cm³/mol. The lowest BCUT2D eigenvalue weighted by Crippen LogP contribution is -2.59. The van der Waals surface area contributed by atoms with Crippen molar-refractivity contribution >= 4 is 35.8 Å². The summed E-state index contributed by atoms with van der Waals surface area (Å²) in [4.78, 5) is 80.4. The van der Waals surface area contributed by atoms with E-state index >= 15 is 0 Å². The fraction of sp³-hybridized carbons (Fsp3) is 0.622. The molecule has 0 aromatic heterocycles. The Morgan fingerprint density at radius 2 is 1.62 bits per heavy atom. The van der Waals surface area contributed by atoms with Crippen LogP contribution in [-0.4, -0.2) is 85.1 Å². The summed E-state index contributed by atoms with van der Waals surface area (Å²) in [7, 11) is 1.27. The fourth-order valence-electron chi connectivity index (χ4n) is 6.49. The van der Waals surface area contributed by atoms with E-state index in [2.05, 4.69) is 16.0 Å². The smallest absolute Gasteiger partial charge is 0.408 e. The van der Waals surface area contributed by atoms with E-state index < -0.39 is 54.0 Å². The monoisotopic (exact) mass is 698 g/mol. The van der Waals surface area contributed by atoms with E-state index in [1.54, 1.807) is 13.0 Å². The van der Waals surface area contributed by atoms with E-state index in [0.29, 0.717) is 25.8 Å². The van der Waals surface area contributed by atoms with Crippen LogP contribution in [0.25, 0.3) is 0 Å². The van der Waals surface area contributed by atoms with Gasteiger partial charge in [-0.05, 0) is 69.3 Å². The van der Waals surface area contributed by atoms with Crippen molar-refractivity contribution in [3.05, 3.63) is 48.0 Å². The van der Waals surface area contributed by atoms with Crippen molar-refractivity contribution in [2.75, 3.05) is 20.3 Å². The molecule has 0 spiro atoms. The highest BCUT2D eigenvalue weighted by Gasteiger charge is 2.42. The third-order valence-corrected chi connectivity index (χ3v) is 9.02. The van der Waals surface area contributed by atoms with E-state index in [0.717, 1.165) is 37.7 Å². The summed E-state index contributed by atoms with van der Waals surface area (Å²) in [5.74, 6) is -2.49. The molecule has 3 N–H and O–H groups in total. The molecule has 50 heavy (non-hydrogen) atoms. The molecule has 0 unspecified atom stereocenters. The summed E-state index contributed by atoms with van der Waals surface area (Å²) in [6.45, 7) is 6.13. The standard InChI is InChI=1S/C37H54N4O9/c1-5-49-31(42)21-13-12-19-28(39-37(47)50-24-26-15-8-6-9-16-26)33(43)40-32(27-17-10-7-11-18-27)35(45)41-22-14-20-30(41)34(44)38-29(23-25(2)3)36(46)48-4/h6,8-9,13,15-16,21,25,27-30,32H,5,7,10-12,14,17-20,22-24H2,1-4H3,(H,38,44)(H,39,47)(H,40,43)/b21-13+/t28-,29-,30-,32-/m0/s1. The van der Waals surface area contributed by atoms with Gasteiger partial charge in [-0.2, -0.15) is 0 Å². The molecule has 4 amide bonds. The van der Waals surface area contributed by atoms with Crippen LogP contribution in [0.15, 0.2) is 42.5 Å². The Bertz CT molecular complexity index is 1310. The number of nitrogens with zero attached hydrogens (tertiary/aromatic N) is 1. The van der Waals surface area contributed by atoms with E-state index in [4.69, 9.17) is 14.2 Å². The predicted octanol–water partition coefficient (Wildman–Crippen LogP) is 3.94. The molecule has 2 aliphatic rings. The number of nitrogens with one attached hydrogen (secondary N) is 3. The minimum atomic E-state index is -1.08. The van der Waals surface area contributed by atoms with Crippen LogP contribution >= 0.6 is 0 Å². The molecule has 13 nitrogen and oxygen atoms in total. The molecule has 0 radical (unpaired) electrons. The second-order valence-electron chi connectivity index (χ2n) is 13.3. The van der Waals surface area contributed by atoms with Crippen molar-refractivity contribution in [3.63, 3.8) is 0 Å². The minimum absolute atomic E-state index is 0.000620. The van der Waals surface area contributed by atoms with E-state index in [1.807, 2.05) is 44.2 Å². The van der Waals surface area contributed by atoms with Crippen molar-refractivity contribution in [1.82, 2.24) is 20.9 Å². The number of amides is 4. The molecular weight excluding hydrogens is 644 g/mol. The Morgan fingerprint density at radius 1 is 0.900 bits per heavy atom. The van der Waals surface area contributed by atoms with Gasteiger partial charge in [0, 0.05) is 12.6 Å². The number of alkyl carbamates (subject to hydrolysis) is 1. The Hall–Kier alpha value is -4.42. The second kappa shape index (κ2) is 20.9. The first-order valence-corrected chi connectivity index (χ1v) is 17.8. The number of hydrogen-bond acceptors (Lipinski definition) is 9. The Labute approximate surface area is 295 Å². The summed E-state index contributed by atoms with van der Waals surface area (Å²) in [5, 5.41) is 8.38. The minimum Gasteiger partial charge on any atom is -0.467 e. The molecule has 2 fully saturated rings. The third-order valence-electron chi connectivity index (χ3n) is 9.02. The number of rotatable bonds is 17. The largest absolute Gasteiger partial charge is 0.467 e. The van der Waals surface area contributed by atoms with E-state index in [9.17, 15) is 28.8 Å². The lowest BCUT2D eigenvalue weighted by atomic mass is 9.83. The summed E-state index contributed by atoms with van der Waals surface area (Å²) in [6.07, 6.45) is 8.06. The first-order valence-electron chi connectivity index (χ1n) is 17.8. The highest BCUT2D eigenvalue weighted by Crippen LogP contribution is 2.29. The number of carbonyl (C=O) groups is 6. The molecule has 0 bridgehead atoms. The van der Waals surface area contributed by atoms with Gasteiger partial charge in [-0.15, -0.1) is 0 Å². The Kier molecular flexibility index (Phi) is 16.8. The van der Waals surface area contributed by atoms with Crippen molar-refractivity contribution in [1.29, 1.82) is 0 Å². The van der Waals surface area contributed by atoms with Crippen molar-refractivity contribution in [3.8, 4) is 0 Å². The van der Waals surface area contributed by atoms with Gasteiger partial charge in [0.25, 0.3) is 0 Å². The van der Waals surface area contributed by atoms with Gasteiger partial charge in [0.15, 0.2) is 0 Å². The number of methoxy groups -OCH3 is 1. The van der Waals surface area contributed by atoms with Crippen LogP contribution in [0, 0.1) is 11.8 Å². The highest BCUT2D eigenvalue weighted by atomic mass is 16.5. The zero-order chi connectivity index (χ0) is 36.5. The molecule has 1 aliphatic carbocycles. The first-order chi connectivity index (χ1) is 24.0. The second-order valence-corrected chi connectivity index (χ2v) is 13.3. The van der Waals surface area contributed by atoms with Gasteiger partial charge in [-0.3, -0.25) is 14.4 Å². The number of allylic oxidation sites excluding steroid dienone is 1. The molecule has 1 aromatic rings. The van der Waals surface area contributed by atoms with Gasteiger partial charge in [-0.25, -0.2) is 14.4 Å². The van der Waals surface area contributed by atoms with Crippen LogP contribution in [0.1, 0.15) is 90.5 Å². The lowest BCUT2D eigenvalue weighted by molar-refractivity contribution is -0.147. The van der Waals surface area contributed by atoms with Gasteiger partial charge < -0.3 is 35.1 Å². The maximum Gasteiger partial charge on any atom is 0.408 e. The summed E-state index contributed by atoms with van der Waals surface area (Å²) >= 11 is 0. The third kappa shape index (κ3) is 12.8. The molecule has 1 saturated heterocycles. The lowest BCUT2D eigenvalue weighted by Gasteiger charge is -2.35. The van der Waals surface area contributed by atoms with Crippen LogP contribution in [0.2, 0.25) is 0 Å². The van der Waals surface area contributed by atoms with Crippen molar-refractivity contribution < 1.29 is 43.0 Å². The zero-order valence-electron chi connectivity index (χ0n) is 29.8. The summed E-state index contributed by atoms with van der Waals surface area (Å²) in [5.41, 5.74) is 0.773. The molecule has 1 saturated carbocycles. The maximum absolute atomic E-state index is 14.3. The first kappa shape index (κ1) is 40.0. The number of hydrogen-bond donors (Lipinski definition) is 3. The fourth-order valence-corrected chi connectivity index (χ4v) is 6.49. The van der Waals surface area contributed by atoms with Crippen molar-refractivity contribution in [2.45, 2.75) is 116 Å². The van der Waals surface area contributed by atoms with E-state index in [-0.39, 0.29) is 43.8 Å². The SMILES string of the molecule is CCOC(=O)/C=C/CC[C@H](NC(=O)OCc1ccccc1)C(=O)N[C@H](C(=O)N1CCC[C@H]1C(=O)N[C@@H](CC(C)C)C(=O)OC)C1CCCCC1. The number of benzene rings is 1. The maximum atomic E-state index is 14.3. The molecule has 1 heterocycles.